The molecule has 3 nitrogen and oxygen atoms in total. The number of ether oxygens (including phenoxy) is 1. The molecule has 0 radical (unpaired) electrons. The monoisotopic (exact) mass is 266 g/mol. The molecule has 2 aliphatic heterocycles. The summed E-state index contributed by atoms with van der Waals surface area (Å²) < 4.78 is 6.23. The van der Waals surface area contributed by atoms with Crippen LogP contribution < -0.4 is 5.73 Å². The van der Waals surface area contributed by atoms with Gasteiger partial charge in [0.2, 0.25) is 0 Å². The van der Waals surface area contributed by atoms with Gasteiger partial charge in [0, 0.05) is 25.2 Å². The van der Waals surface area contributed by atoms with Gasteiger partial charge >= 0.3 is 0 Å². The van der Waals surface area contributed by atoms with Gasteiger partial charge in [-0.15, -0.1) is 0 Å². The molecule has 1 aliphatic carbocycles. The van der Waals surface area contributed by atoms with Crippen LogP contribution in [0, 0.1) is 5.92 Å². The number of hydrogen-bond donors (Lipinski definition) is 1. The lowest BCUT2D eigenvalue weighted by atomic mass is 9.78. The molecule has 0 aromatic carbocycles. The van der Waals surface area contributed by atoms with E-state index in [-0.39, 0.29) is 5.60 Å². The number of nitrogens with zero attached hydrogens (tertiary/aromatic N) is 1. The van der Waals surface area contributed by atoms with Crippen LogP contribution in [0.3, 0.4) is 0 Å². The third kappa shape index (κ3) is 2.70. The van der Waals surface area contributed by atoms with E-state index in [0.29, 0.717) is 6.04 Å². The molecule has 1 saturated carbocycles. The van der Waals surface area contributed by atoms with Crippen molar-refractivity contribution in [3.05, 3.63) is 0 Å². The first-order valence-electron chi connectivity index (χ1n) is 8.34. The third-order valence-corrected chi connectivity index (χ3v) is 5.87. The minimum Gasteiger partial charge on any atom is -0.375 e. The molecular weight excluding hydrogens is 236 g/mol. The summed E-state index contributed by atoms with van der Waals surface area (Å²) in [5.74, 6) is 0.773. The van der Waals surface area contributed by atoms with Gasteiger partial charge in [-0.05, 0) is 44.6 Å². The van der Waals surface area contributed by atoms with Crippen LogP contribution in [0.1, 0.15) is 58.3 Å². The minimum absolute atomic E-state index is 0.228. The van der Waals surface area contributed by atoms with Crippen molar-refractivity contribution in [3.8, 4) is 0 Å². The molecule has 0 bridgehead atoms. The summed E-state index contributed by atoms with van der Waals surface area (Å²) in [6.07, 6.45) is 10.5. The smallest absolute Gasteiger partial charge is 0.0697 e. The molecular formula is C16H30N2O. The molecule has 0 aromatic heterocycles. The second kappa shape index (κ2) is 5.71. The van der Waals surface area contributed by atoms with Gasteiger partial charge in [-0.2, -0.15) is 0 Å². The Hall–Kier alpha value is -0.120. The molecule has 3 heteroatoms. The van der Waals surface area contributed by atoms with E-state index in [0.717, 1.165) is 25.1 Å². The molecule has 2 saturated heterocycles. The highest BCUT2D eigenvalue weighted by atomic mass is 16.5. The summed E-state index contributed by atoms with van der Waals surface area (Å²) in [5.41, 5.74) is 6.25. The molecule has 3 unspecified atom stereocenters. The van der Waals surface area contributed by atoms with E-state index in [1.165, 1.54) is 57.9 Å². The average Bonchev–Trinajstić information content (AvgIpc) is 2.81. The number of hydrogen-bond acceptors (Lipinski definition) is 3. The normalized spacial score (nSPS) is 39.8. The number of nitrogens with two attached hydrogens (primary N) is 1. The van der Waals surface area contributed by atoms with E-state index in [9.17, 15) is 0 Å². The molecule has 3 rings (SSSR count). The highest BCUT2D eigenvalue weighted by molar-refractivity contribution is 4.97. The van der Waals surface area contributed by atoms with Crippen molar-refractivity contribution in [2.45, 2.75) is 76.0 Å². The van der Waals surface area contributed by atoms with Crippen molar-refractivity contribution in [1.82, 2.24) is 4.90 Å². The van der Waals surface area contributed by atoms with Crippen LogP contribution in [-0.4, -0.2) is 42.3 Å². The molecule has 2 heterocycles. The second-order valence-electron chi connectivity index (χ2n) is 7.05. The Kier molecular flexibility index (Phi) is 4.16. The van der Waals surface area contributed by atoms with Crippen molar-refractivity contribution >= 4 is 0 Å². The van der Waals surface area contributed by atoms with Crippen molar-refractivity contribution in [2.24, 2.45) is 11.7 Å². The van der Waals surface area contributed by atoms with Crippen molar-refractivity contribution in [1.29, 1.82) is 0 Å². The van der Waals surface area contributed by atoms with Gasteiger partial charge in [-0.25, -0.2) is 0 Å². The van der Waals surface area contributed by atoms with E-state index in [1.54, 1.807) is 0 Å². The van der Waals surface area contributed by atoms with Crippen LogP contribution >= 0.6 is 0 Å². The molecule has 3 atom stereocenters. The van der Waals surface area contributed by atoms with Crippen molar-refractivity contribution in [3.63, 3.8) is 0 Å². The van der Waals surface area contributed by atoms with Crippen LogP contribution in [0.5, 0.6) is 0 Å². The summed E-state index contributed by atoms with van der Waals surface area (Å²) >= 11 is 0. The Balaban J connectivity index is 1.67. The summed E-state index contributed by atoms with van der Waals surface area (Å²) in [4.78, 5) is 2.73. The van der Waals surface area contributed by atoms with Gasteiger partial charge in [-0.3, -0.25) is 4.90 Å². The fourth-order valence-corrected chi connectivity index (χ4v) is 4.69. The van der Waals surface area contributed by atoms with Gasteiger partial charge in [0.25, 0.3) is 0 Å². The zero-order chi connectivity index (χ0) is 13.3. The molecule has 19 heavy (non-hydrogen) atoms. The Morgan fingerprint density at radius 1 is 1.21 bits per heavy atom. The highest BCUT2D eigenvalue weighted by Gasteiger charge is 2.43. The molecule has 110 valence electrons. The fraction of sp³-hybridized carbons (Fsp3) is 1.00. The van der Waals surface area contributed by atoms with E-state index < -0.39 is 0 Å². The molecule has 3 fully saturated rings. The predicted molar refractivity (Wildman–Crippen MR) is 78.1 cm³/mol. The third-order valence-electron chi connectivity index (χ3n) is 5.87. The fourth-order valence-electron chi connectivity index (χ4n) is 4.69. The van der Waals surface area contributed by atoms with E-state index >= 15 is 0 Å². The first kappa shape index (κ1) is 13.8. The van der Waals surface area contributed by atoms with Gasteiger partial charge in [0.1, 0.15) is 0 Å². The SMILES string of the molecule is CC1CCN(C2CCOC3(CCCCC3)C2)C1CN. The minimum atomic E-state index is 0.228. The van der Waals surface area contributed by atoms with Crippen LogP contribution in [0.15, 0.2) is 0 Å². The molecule has 2 N–H and O–H groups in total. The largest absolute Gasteiger partial charge is 0.375 e. The topological polar surface area (TPSA) is 38.5 Å². The lowest BCUT2D eigenvalue weighted by molar-refractivity contribution is -0.125. The van der Waals surface area contributed by atoms with E-state index in [4.69, 9.17) is 10.5 Å². The average molecular weight is 266 g/mol. The van der Waals surface area contributed by atoms with Crippen LogP contribution in [-0.2, 0) is 4.74 Å². The maximum absolute atomic E-state index is 6.23. The molecule has 3 aliphatic rings. The lowest BCUT2D eigenvalue weighted by Crippen LogP contribution is -2.52. The first-order valence-corrected chi connectivity index (χ1v) is 8.34. The Morgan fingerprint density at radius 2 is 2.00 bits per heavy atom. The van der Waals surface area contributed by atoms with Gasteiger partial charge in [0.15, 0.2) is 0 Å². The van der Waals surface area contributed by atoms with Crippen LogP contribution in [0.2, 0.25) is 0 Å². The lowest BCUT2D eigenvalue weighted by Gasteiger charge is -2.47. The summed E-state index contributed by atoms with van der Waals surface area (Å²) in [6.45, 7) is 5.41. The molecule has 0 amide bonds. The molecule has 0 aromatic rings. The highest BCUT2D eigenvalue weighted by Crippen LogP contribution is 2.41. The van der Waals surface area contributed by atoms with E-state index in [2.05, 4.69) is 11.8 Å². The summed E-state index contributed by atoms with van der Waals surface area (Å²) in [7, 11) is 0. The van der Waals surface area contributed by atoms with E-state index in [1.807, 2.05) is 0 Å². The maximum Gasteiger partial charge on any atom is 0.0697 e. The Labute approximate surface area is 117 Å². The first-order chi connectivity index (χ1) is 9.24. The number of likely N-dealkylation sites (tertiary alicyclic amines) is 1. The van der Waals surface area contributed by atoms with Crippen molar-refractivity contribution in [2.75, 3.05) is 19.7 Å². The second-order valence-corrected chi connectivity index (χ2v) is 7.05. The summed E-state index contributed by atoms with van der Waals surface area (Å²) in [6, 6.07) is 1.34. The van der Waals surface area contributed by atoms with Gasteiger partial charge in [0.05, 0.1) is 5.60 Å². The van der Waals surface area contributed by atoms with Crippen LogP contribution in [0.4, 0.5) is 0 Å². The zero-order valence-corrected chi connectivity index (χ0v) is 12.4. The number of rotatable bonds is 2. The Bertz CT molecular complexity index is 296. The standard InChI is InChI=1S/C16H30N2O/c1-13-5-9-18(15(13)12-17)14-6-10-19-16(11-14)7-3-2-4-8-16/h13-15H,2-12,17H2,1H3. The quantitative estimate of drug-likeness (QED) is 0.835. The summed E-state index contributed by atoms with van der Waals surface area (Å²) in [5, 5.41) is 0. The molecule has 1 spiro atoms. The van der Waals surface area contributed by atoms with Crippen LogP contribution in [0.25, 0.3) is 0 Å². The predicted octanol–water partition coefficient (Wildman–Crippen LogP) is 2.54. The van der Waals surface area contributed by atoms with Crippen molar-refractivity contribution < 1.29 is 4.74 Å². The zero-order valence-electron chi connectivity index (χ0n) is 12.4. The maximum atomic E-state index is 6.23. The van der Waals surface area contributed by atoms with Gasteiger partial charge in [-0.1, -0.05) is 26.2 Å². The Morgan fingerprint density at radius 3 is 2.74 bits per heavy atom. The van der Waals surface area contributed by atoms with Gasteiger partial charge < -0.3 is 10.5 Å².